The minimum atomic E-state index is -0.661. The number of oxazole rings is 1. The van der Waals surface area contributed by atoms with Crippen LogP contribution in [0.2, 0.25) is 0 Å². The van der Waals surface area contributed by atoms with Gasteiger partial charge >= 0.3 is 0 Å². The molecule has 1 atom stereocenters. The third-order valence-electron chi connectivity index (χ3n) is 3.86. The Balaban J connectivity index is 1.81. The van der Waals surface area contributed by atoms with Crippen molar-refractivity contribution in [1.29, 1.82) is 0 Å². The SMILES string of the molecule is Cc1oc(-c2cc(F)cc(F)c2)nc1CN1CCC[C@H](O)C1. The highest BCUT2D eigenvalue weighted by Crippen LogP contribution is 2.25. The molecule has 0 spiro atoms. The largest absolute Gasteiger partial charge is 0.441 e. The van der Waals surface area contributed by atoms with Gasteiger partial charge in [0.2, 0.25) is 5.89 Å². The molecular formula is C16H18F2N2O2. The molecular weight excluding hydrogens is 290 g/mol. The predicted octanol–water partition coefficient (Wildman–Crippen LogP) is 2.88. The molecule has 3 rings (SSSR count). The maximum absolute atomic E-state index is 13.3. The van der Waals surface area contributed by atoms with Crippen molar-refractivity contribution in [2.24, 2.45) is 0 Å². The summed E-state index contributed by atoms with van der Waals surface area (Å²) in [6, 6.07) is 3.21. The molecule has 0 amide bonds. The summed E-state index contributed by atoms with van der Waals surface area (Å²) in [6.07, 6.45) is 1.46. The molecule has 2 aromatic rings. The lowest BCUT2D eigenvalue weighted by atomic mass is 10.1. The van der Waals surface area contributed by atoms with Crippen molar-refractivity contribution in [2.75, 3.05) is 13.1 Å². The number of piperidine rings is 1. The summed E-state index contributed by atoms with van der Waals surface area (Å²) >= 11 is 0. The van der Waals surface area contributed by atoms with Crippen LogP contribution in [0, 0.1) is 18.6 Å². The Morgan fingerprint density at radius 3 is 2.73 bits per heavy atom. The molecule has 0 bridgehead atoms. The third kappa shape index (κ3) is 3.34. The lowest BCUT2D eigenvalue weighted by Crippen LogP contribution is -2.37. The van der Waals surface area contributed by atoms with Gasteiger partial charge in [0.15, 0.2) is 0 Å². The molecule has 0 saturated carbocycles. The quantitative estimate of drug-likeness (QED) is 0.947. The molecule has 22 heavy (non-hydrogen) atoms. The predicted molar refractivity (Wildman–Crippen MR) is 77.1 cm³/mol. The molecule has 1 aromatic heterocycles. The van der Waals surface area contributed by atoms with Crippen LogP contribution in [0.3, 0.4) is 0 Å². The highest BCUT2D eigenvalue weighted by molar-refractivity contribution is 5.53. The van der Waals surface area contributed by atoms with Crippen LogP contribution in [0.25, 0.3) is 11.5 Å². The van der Waals surface area contributed by atoms with E-state index in [0.29, 0.717) is 18.8 Å². The van der Waals surface area contributed by atoms with E-state index in [2.05, 4.69) is 9.88 Å². The van der Waals surface area contributed by atoms with Gasteiger partial charge in [0.25, 0.3) is 0 Å². The number of β-amino-alcohol motifs (C(OH)–C–C–N with tert-alkyl or cyclic N) is 1. The number of nitrogens with zero attached hydrogens (tertiary/aromatic N) is 2. The Morgan fingerprint density at radius 1 is 1.32 bits per heavy atom. The summed E-state index contributed by atoms with van der Waals surface area (Å²) in [5.74, 6) is -0.485. The zero-order valence-corrected chi connectivity index (χ0v) is 12.4. The maximum atomic E-state index is 13.3. The van der Waals surface area contributed by atoms with Gasteiger partial charge in [0.1, 0.15) is 17.4 Å². The second kappa shape index (κ2) is 6.14. The first-order valence-corrected chi connectivity index (χ1v) is 7.34. The fraction of sp³-hybridized carbons (Fsp3) is 0.438. The zero-order valence-electron chi connectivity index (χ0n) is 12.4. The van der Waals surface area contributed by atoms with E-state index in [4.69, 9.17) is 4.42 Å². The number of benzene rings is 1. The highest BCUT2D eigenvalue weighted by Gasteiger charge is 2.21. The number of aromatic nitrogens is 1. The molecule has 0 unspecified atom stereocenters. The van der Waals surface area contributed by atoms with E-state index in [0.717, 1.165) is 31.1 Å². The summed E-state index contributed by atoms with van der Waals surface area (Å²) in [7, 11) is 0. The molecule has 1 aliphatic heterocycles. The number of aliphatic hydroxyl groups excluding tert-OH is 1. The third-order valence-corrected chi connectivity index (χ3v) is 3.86. The van der Waals surface area contributed by atoms with Crippen LogP contribution < -0.4 is 0 Å². The maximum Gasteiger partial charge on any atom is 0.226 e. The first kappa shape index (κ1) is 15.1. The summed E-state index contributed by atoms with van der Waals surface area (Å²) in [6.45, 7) is 3.84. The zero-order chi connectivity index (χ0) is 15.7. The van der Waals surface area contributed by atoms with Crippen molar-refractivity contribution < 1.29 is 18.3 Å². The molecule has 0 radical (unpaired) electrons. The number of aliphatic hydroxyl groups is 1. The van der Waals surface area contributed by atoms with E-state index < -0.39 is 11.6 Å². The number of halogens is 2. The van der Waals surface area contributed by atoms with Gasteiger partial charge in [-0.15, -0.1) is 0 Å². The number of aryl methyl sites for hydroxylation is 1. The smallest absolute Gasteiger partial charge is 0.226 e. The van der Waals surface area contributed by atoms with Crippen molar-refractivity contribution in [2.45, 2.75) is 32.4 Å². The molecule has 1 fully saturated rings. The van der Waals surface area contributed by atoms with Crippen LogP contribution in [0.4, 0.5) is 8.78 Å². The van der Waals surface area contributed by atoms with E-state index in [1.807, 2.05) is 0 Å². The van der Waals surface area contributed by atoms with Crippen LogP contribution in [-0.4, -0.2) is 34.2 Å². The van der Waals surface area contributed by atoms with Gasteiger partial charge in [-0.25, -0.2) is 13.8 Å². The Kier molecular flexibility index (Phi) is 4.22. The number of rotatable bonds is 3. The van der Waals surface area contributed by atoms with Gasteiger partial charge in [-0.3, -0.25) is 4.90 Å². The summed E-state index contributed by atoms with van der Waals surface area (Å²) in [5.41, 5.74) is 1.01. The van der Waals surface area contributed by atoms with Crippen molar-refractivity contribution in [3.63, 3.8) is 0 Å². The Bertz CT molecular complexity index is 652. The fourth-order valence-corrected chi connectivity index (χ4v) is 2.76. The lowest BCUT2D eigenvalue weighted by molar-refractivity contribution is 0.0660. The molecule has 118 valence electrons. The van der Waals surface area contributed by atoms with E-state index >= 15 is 0 Å². The standard InChI is InChI=1S/C16H18F2N2O2/c1-10-15(9-20-4-2-3-14(21)8-20)19-16(22-10)11-5-12(17)7-13(18)6-11/h5-7,14,21H,2-4,8-9H2,1H3/t14-/m0/s1. The van der Waals surface area contributed by atoms with Crippen LogP contribution in [0.15, 0.2) is 22.6 Å². The van der Waals surface area contributed by atoms with Crippen LogP contribution in [-0.2, 0) is 6.54 Å². The highest BCUT2D eigenvalue weighted by atomic mass is 19.1. The van der Waals surface area contributed by atoms with Gasteiger partial charge in [-0.2, -0.15) is 0 Å². The van der Waals surface area contributed by atoms with Gasteiger partial charge in [0.05, 0.1) is 11.8 Å². The second-order valence-corrected chi connectivity index (χ2v) is 5.71. The summed E-state index contributed by atoms with van der Waals surface area (Å²) in [5, 5.41) is 9.70. The Morgan fingerprint density at radius 2 is 2.05 bits per heavy atom. The molecule has 1 aromatic carbocycles. The molecule has 1 saturated heterocycles. The molecule has 1 aliphatic rings. The first-order valence-electron chi connectivity index (χ1n) is 7.34. The number of hydrogen-bond acceptors (Lipinski definition) is 4. The minimum absolute atomic E-state index is 0.212. The summed E-state index contributed by atoms with van der Waals surface area (Å²) < 4.78 is 32.1. The van der Waals surface area contributed by atoms with Crippen LogP contribution >= 0.6 is 0 Å². The van der Waals surface area contributed by atoms with E-state index in [9.17, 15) is 13.9 Å². The second-order valence-electron chi connectivity index (χ2n) is 5.71. The molecule has 6 heteroatoms. The number of hydrogen-bond donors (Lipinski definition) is 1. The van der Waals surface area contributed by atoms with Gasteiger partial charge in [-0.1, -0.05) is 0 Å². The van der Waals surface area contributed by atoms with Crippen molar-refractivity contribution in [3.8, 4) is 11.5 Å². The van der Waals surface area contributed by atoms with Crippen LogP contribution in [0.5, 0.6) is 0 Å². The lowest BCUT2D eigenvalue weighted by Gasteiger charge is -2.29. The van der Waals surface area contributed by atoms with Gasteiger partial charge < -0.3 is 9.52 Å². The van der Waals surface area contributed by atoms with Gasteiger partial charge in [0, 0.05) is 24.7 Å². The van der Waals surface area contributed by atoms with Crippen molar-refractivity contribution >= 4 is 0 Å². The van der Waals surface area contributed by atoms with E-state index in [1.165, 1.54) is 12.1 Å². The van der Waals surface area contributed by atoms with Crippen LogP contribution in [0.1, 0.15) is 24.3 Å². The Hall–Kier alpha value is -1.79. The van der Waals surface area contributed by atoms with Crippen molar-refractivity contribution in [3.05, 3.63) is 41.3 Å². The molecule has 1 N–H and O–H groups in total. The van der Waals surface area contributed by atoms with E-state index in [1.54, 1.807) is 6.92 Å². The average molecular weight is 308 g/mol. The topological polar surface area (TPSA) is 49.5 Å². The van der Waals surface area contributed by atoms with E-state index in [-0.39, 0.29) is 17.6 Å². The van der Waals surface area contributed by atoms with Gasteiger partial charge in [-0.05, 0) is 38.4 Å². The molecule has 0 aliphatic carbocycles. The fourth-order valence-electron chi connectivity index (χ4n) is 2.76. The Labute approximate surface area is 127 Å². The normalized spacial score (nSPS) is 19.5. The first-order chi connectivity index (χ1) is 10.5. The average Bonchev–Trinajstić information content (AvgIpc) is 2.79. The number of likely N-dealkylation sites (tertiary alicyclic amines) is 1. The molecule has 2 heterocycles. The molecule has 4 nitrogen and oxygen atoms in total. The minimum Gasteiger partial charge on any atom is -0.441 e. The monoisotopic (exact) mass is 308 g/mol. The summed E-state index contributed by atoms with van der Waals surface area (Å²) in [4.78, 5) is 6.46. The van der Waals surface area contributed by atoms with Crippen molar-refractivity contribution in [1.82, 2.24) is 9.88 Å².